The molecular formula is C27H25N3O5. The van der Waals surface area contributed by atoms with Crippen molar-refractivity contribution in [1.82, 2.24) is 9.88 Å². The Morgan fingerprint density at radius 1 is 0.971 bits per heavy atom. The summed E-state index contributed by atoms with van der Waals surface area (Å²) in [4.78, 5) is 42.3. The molecule has 0 bridgehead atoms. The molecule has 0 radical (unpaired) electrons. The molecule has 1 aliphatic carbocycles. The summed E-state index contributed by atoms with van der Waals surface area (Å²) in [5.41, 5.74) is 5.08. The van der Waals surface area contributed by atoms with Crippen molar-refractivity contribution in [3.05, 3.63) is 83.7 Å². The molecule has 5 rings (SSSR count). The molecule has 0 saturated carbocycles. The van der Waals surface area contributed by atoms with E-state index >= 15 is 0 Å². The molecule has 1 aliphatic heterocycles. The van der Waals surface area contributed by atoms with Gasteiger partial charge in [0.1, 0.15) is 18.3 Å². The number of piperidine rings is 1. The number of amides is 2. The highest BCUT2D eigenvalue weighted by Crippen LogP contribution is 2.44. The van der Waals surface area contributed by atoms with Crippen molar-refractivity contribution >= 4 is 23.7 Å². The lowest BCUT2D eigenvalue weighted by Crippen LogP contribution is -2.48. The van der Waals surface area contributed by atoms with Crippen molar-refractivity contribution in [1.29, 1.82) is 0 Å². The summed E-state index contributed by atoms with van der Waals surface area (Å²) in [5.74, 6) is -1.48. The van der Waals surface area contributed by atoms with Crippen molar-refractivity contribution < 1.29 is 24.2 Å². The average molecular weight is 472 g/mol. The molecule has 1 saturated heterocycles. The Bertz CT molecular complexity index is 1230. The van der Waals surface area contributed by atoms with Crippen LogP contribution in [0, 0.1) is 0 Å². The first-order chi connectivity index (χ1) is 17.0. The lowest BCUT2D eigenvalue weighted by molar-refractivity contribution is -0.143. The molecule has 8 nitrogen and oxygen atoms in total. The smallest absolute Gasteiger partial charge is 0.411 e. The minimum absolute atomic E-state index is 0.0435. The summed E-state index contributed by atoms with van der Waals surface area (Å²) < 4.78 is 5.54. The summed E-state index contributed by atoms with van der Waals surface area (Å²) in [6, 6.07) is 18.4. The van der Waals surface area contributed by atoms with E-state index in [-0.39, 0.29) is 18.2 Å². The average Bonchev–Trinajstić information content (AvgIpc) is 3.21. The number of anilines is 1. The third-order valence-corrected chi connectivity index (χ3v) is 6.62. The van der Waals surface area contributed by atoms with Crippen LogP contribution in [0.4, 0.5) is 10.5 Å². The molecule has 178 valence electrons. The maximum Gasteiger partial charge on any atom is 0.411 e. The number of carbonyl (C=O) groups is 3. The van der Waals surface area contributed by atoms with Crippen LogP contribution in [0.25, 0.3) is 11.1 Å². The Morgan fingerprint density at radius 3 is 2.29 bits per heavy atom. The highest BCUT2D eigenvalue weighted by Gasteiger charge is 2.33. The van der Waals surface area contributed by atoms with E-state index in [2.05, 4.69) is 34.6 Å². The van der Waals surface area contributed by atoms with Crippen LogP contribution in [0.1, 0.15) is 46.8 Å². The van der Waals surface area contributed by atoms with Crippen LogP contribution >= 0.6 is 0 Å². The Labute approximate surface area is 202 Å². The van der Waals surface area contributed by atoms with Crippen LogP contribution in [-0.4, -0.2) is 52.2 Å². The van der Waals surface area contributed by atoms with E-state index in [1.165, 1.54) is 17.2 Å². The van der Waals surface area contributed by atoms with Crippen molar-refractivity contribution in [2.45, 2.75) is 31.2 Å². The first kappa shape index (κ1) is 22.6. The molecule has 1 aromatic heterocycles. The lowest BCUT2D eigenvalue weighted by Gasteiger charge is -2.32. The van der Waals surface area contributed by atoms with Crippen LogP contribution in [0.5, 0.6) is 0 Å². The van der Waals surface area contributed by atoms with Gasteiger partial charge in [0.25, 0.3) is 5.91 Å². The van der Waals surface area contributed by atoms with Gasteiger partial charge in [0.05, 0.1) is 11.9 Å². The van der Waals surface area contributed by atoms with E-state index in [9.17, 15) is 19.5 Å². The maximum atomic E-state index is 12.8. The molecule has 2 amide bonds. The zero-order valence-electron chi connectivity index (χ0n) is 19.0. The number of carbonyl (C=O) groups excluding carboxylic acids is 2. The van der Waals surface area contributed by atoms with Crippen LogP contribution in [0.2, 0.25) is 0 Å². The number of benzene rings is 2. The van der Waals surface area contributed by atoms with Crippen molar-refractivity contribution in [3.8, 4) is 11.1 Å². The fourth-order valence-electron chi connectivity index (χ4n) is 4.93. The Hall–Kier alpha value is -4.20. The highest BCUT2D eigenvalue weighted by atomic mass is 16.5. The van der Waals surface area contributed by atoms with Gasteiger partial charge in [-0.25, -0.2) is 14.6 Å². The van der Waals surface area contributed by atoms with Gasteiger partial charge in [-0.2, -0.15) is 0 Å². The van der Waals surface area contributed by atoms with Crippen molar-refractivity contribution in [2.24, 2.45) is 0 Å². The number of ether oxygens (including phenoxy) is 1. The van der Waals surface area contributed by atoms with Gasteiger partial charge in [0.15, 0.2) is 0 Å². The molecule has 3 aromatic rings. The van der Waals surface area contributed by atoms with Crippen LogP contribution < -0.4 is 5.32 Å². The number of aliphatic carboxylic acids is 1. The number of hydrogen-bond donors (Lipinski definition) is 2. The molecule has 0 unspecified atom stereocenters. The second-order valence-corrected chi connectivity index (χ2v) is 8.73. The Morgan fingerprint density at radius 2 is 1.66 bits per heavy atom. The van der Waals surface area contributed by atoms with E-state index in [1.807, 2.05) is 24.3 Å². The number of fused-ring (bicyclic) bond motifs is 3. The van der Waals surface area contributed by atoms with Crippen molar-refractivity contribution in [2.75, 3.05) is 18.5 Å². The molecule has 0 spiro atoms. The fraction of sp³-hybridized carbons (Fsp3) is 0.259. The molecule has 2 heterocycles. The fourth-order valence-corrected chi connectivity index (χ4v) is 4.93. The molecule has 1 fully saturated rings. The predicted octanol–water partition coefficient (Wildman–Crippen LogP) is 4.52. The normalized spacial score (nSPS) is 16.8. The summed E-state index contributed by atoms with van der Waals surface area (Å²) in [6.45, 7) is 0.576. The molecule has 8 heteroatoms. The zero-order chi connectivity index (χ0) is 24.4. The van der Waals surface area contributed by atoms with E-state index in [4.69, 9.17) is 4.74 Å². The topological polar surface area (TPSA) is 109 Å². The molecule has 2 N–H and O–H groups in total. The van der Waals surface area contributed by atoms with Gasteiger partial charge in [0.2, 0.25) is 0 Å². The Balaban J connectivity index is 1.21. The van der Waals surface area contributed by atoms with E-state index in [0.29, 0.717) is 18.7 Å². The third-order valence-electron chi connectivity index (χ3n) is 6.62. The summed E-state index contributed by atoms with van der Waals surface area (Å²) in [5, 5.41) is 12.1. The minimum Gasteiger partial charge on any atom is -0.480 e. The second kappa shape index (κ2) is 9.58. The number of nitrogens with zero attached hydrogens (tertiary/aromatic N) is 2. The van der Waals surface area contributed by atoms with Crippen LogP contribution in [0.15, 0.2) is 66.9 Å². The highest BCUT2D eigenvalue weighted by molar-refractivity contribution is 5.95. The van der Waals surface area contributed by atoms with E-state index in [1.54, 1.807) is 6.07 Å². The monoisotopic (exact) mass is 471 g/mol. The molecule has 2 aliphatic rings. The van der Waals surface area contributed by atoms with Gasteiger partial charge in [-0.3, -0.25) is 10.1 Å². The van der Waals surface area contributed by atoms with Crippen LogP contribution in [0.3, 0.4) is 0 Å². The van der Waals surface area contributed by atoms with Gasteiger partial charge in [-0.15, -0.1) is 0 Å². The number of hydrogen-bond acceptors (Lipinski definition) is 5. The van der Waals surface area contributed by atoms with Crippen molar-refractivity contribution in [3.63, 3.8) is 0 Å². The second-order valence-electron chi connectivity index (χ2n) is 8.73. The third kappa shape index (κ3) is 4.47. The first-order valence-electron chi connectivity index (χ1n) is 11.6. The van der Waals surface area contributed by atoms with Crippen LogP contribution in [-0.2, 0) is 9.53 Å². The van der Waals surface area contributed by atoms with Gasteiger partial charge in [-0.1, -0.05) is 48.5 Å². The van der Waals surface area contributed by atoms with Gasteiger partial charge in [0, 0.05) is 12.5 Å². The SMILES string of the molecule is O=C(Nc1ccc(C(=O)N2CCCC[C@H]2C(=O)O)nc1)OCC1c2ccccc2-c2ccccc21. The first-order valence-corrected chi connectivity index (χ1v) is 11.6. The minimum atomic E-state index is -1.01. The van der Waals surface area contributed by atoms with E-state index in [0.717, 1.165) is 35.1 Å². The number of carboxylic acid groups (broad SMARTS) is 1. The summed E-state index contributed by atoms with van der Waals surface area (Å²) in [6.07, 6.45) is 2.72. The number of rotatable bonds is 5. The number of pyridine rings is 1. The summed E-state index contributed by atoms with van der Waals surface area (Å²) >= 11 is 0. The largest absolute Gasteiger partial charge is 0.480 e. The van der Waals surface area contributed by atoms with Gasteiger partial charge < -0.3 is 14.7 Å². The van der Waals surface area contributed by atoms with Gasteiger partial charge in [-0.05, 0) is 53.6 Å². The number of aromatic nitrogens is 1. The Kier molecular flexibility index (Phi) is 6.18. The van der Waals surface area contributed by atoms with Gasteiger partial charge >= 0.3 is 12.1 Å². The number of nitrogens with one attached hydrogen (secondary N) is 1. The number of carboxylic acids is 1. The molecule has 2 aromatic carbocycles. The summed E-state index contributed by atoms with van der Waals surface area (Å²) in [7, 11) is 0. The maximum absolute atomic E-state index is 12.8. The quantitative estimate of drug-likeness (QED) is 0.566. The number of likely N-dealkylation sites (tertiary alicyclic amines) is 1. The zero-order valence-corrected chi connectivity index (χ0v) is 19.0. The molecular weight excluding hydrogens is 446 g/mol. The lowest BCUT2D eigenvalue weighted by atomic mass is 9.98. The van der Waals surface area contributed by atoms with E-state index < -0.39 is 24.0 Å². The standard InChI is InChI=1S/C27H25N3O5/c31-25(30-14-6-5-11-24(30)26(32)33)23-13-12-17(15-28-23)29-27(34)35-16-22-20-9-3-1-7-18(20)19-8-2-4-10-21(19)22/h1-4,7-10,12-13,15,22,24H,5-6,11,14,16H2,(H,29,34)(H,32,33)/t24-/m0/s1. The molecule has 1 atom stereocenters. The predicted molar refractivity (Wildman–Crippen MR) is 129 cm³/mol. The molecule has 35 heavy (non-hydrogen) atoms.